The van der Waals surface area contributed by atoms with E-state index in [0.717, 1.165) is 4.68 Å². The Morgan fingerprint density at radius 1 is 1.07 bits per heavy atom. The van der Waals surface area contributed by atoms with Crippen LogP contribution in [0.15, 0.2) is 97.6 Å². The third kappa shape index (κ3) is 5.64. The number of benzene rings is 4. The second-order valence-corrected chi connectivity index (χ2v) is 11.1. The van der Waals surface area contributed by atoms with Crippen LogP contribution in [0.1, 0.15) is 11.1 Å². The number of nitro benzene ring substituents is 1. The van der Waals surface area contributed by atoms with Crippen LogP contribution < -0.4 is 15.0 Å². The van der Waals surface area contributed by atoms with Crippen molar-refractivity contribution in [2.24, 2.45) is 5.10 Å². The average Bonchev–Trinajstić information content (AvgIpc) is 3.45. The Morgan fingerprint density at radius 2 is 1.89 bits per heavy atom. The van der Waals surface area contributed by atoms with Crippen LogP contribution in [0.4, 0.5) is 5.69 Å². The van der Waals surface area contributed by atoms with E-state index in [0.29, 0.717) is 53.3 Å². The van der Waals surface area contributed by atoms with Gasteiger partial charge < -0.3 is 13.9 Å². The van der Waals surface area contributed by atoms with Gasteiger partial charge in [-0.3, -0.25) is 14.9 Å². The van der Waals surface area contributed by atoms with Gasteiger partial charge in [-0.1, -0.05) is 47.5 Å². The van der Waals surface area contributed by atoms with E-state index in [4.69, 9.17) is 37.1 Å². The van der Waals surface area contributed by atoms with E-state index in [1.165, 1.54) is 12.3 Å². The molecule has 6 aromatic rings. The van der Waals surface area contributed by atoms with Gasteiger partial charge in [0.2, 0.25) is 11.6 Å². The number of furan rings is 1. The fourth-order valence-corrected chi connectivity index (χ4v) is 5.62. The highest BCUT2D eigenvalue weighted by Crippen LogP contribution is 2.37. The lowest BCUT2D eigenvalue weighted by Crippen LogP contribution is -2.20. The predicted molar refractivity (Wildman–Crippen MR) is 172 cm³/mol. The molecule has 2 heterocycles. The maximum Gasteiger partial charge on any atom is 0.312 e. The van der Waals surface area contributed by atoms with Crippen LogP contribution in [0.5, 0.6) is 11.5 Å². The molecule has 0 radical (unpaired) electrons. The van der Waals surface area contributed by atoms with Crippen molar-refractivity contribution in [1.82, 2.24) is 9.66 Å². The Labute approximate surface area is 267 Å². The number of para-hydroxylation sites is 1. The molecule has 44 heavy (non-hydrogen) atoms. The lowest BCUT2D eigenvalue weighted by Gasteiger charge is -2.11. The van der Waals surface area contributed by atoms with Crippen molar-refractivity contribution in [2.75, 3.05) is 7.11 Å². The van der Waals surface area contributed by atoms with Crippen LogP contribution in [0.25, 0.3) is 33.5 Å². The van der Waals surface area contributed by atoms with Crippen LogP contribution in [-0.4, -0.2) is 27.9 Å². The summed E-state index contributed by atoms with van der Waals surface area (Å²) in [4.78, 5) is 29.8. The first-order valence-corrected chi connectivity index (χ1v) is 14.5. The topological polar surface area (TPSA) is 122 Å². The minimum Gasteiger partial charge on any atom is -0.496 e. The Bertz CT molecular complexity index is 2180. The molecular formula is C31H19BrCl2N4O6. The molecule has 0 bridgehead atoms. The monoisotopic (exact) mass is 692 g/mol. The minimum atomic E-state index is -0.572. The molecule has 0 atom stereocenters. The van der Waals surface area contributed by atoms with Gasteiger partial charge in [0.05, 0.1) is 39.0 Å². The summed E-state index contributed by atoms with van der Waals surface area (Å²) in [7, 11) is 1.55. The number of fused-ring (bicyclic) bond motifs is 2. The maximum atomic E-state index is 13.6. The van der Waals surface area contributed by atoms with Gasteiger partial charge in [-0.15, -0.1) is 0 Å². The van der Waals surface area contributed by atoms with Crippen molar-refractivity contribution < 1.29 is 18.8 Å². The summed E-state index contributed by atoms with van der Waals surface area (Å²) in [6.45, 7) is -0.0350. The average molecular weight is 694 g/mol. The molecule has 0 fully saturated rings. The molecule has 0 saturated heterocycles. The van der Waals surface area contributed by atoms with Crippen molar-refractivity contribution in [3.8, 4) is 23.1 Å². The molecule has 0 aliphatic carbocycles. The van der Waals surface area contributed by atoms with Crippen molar-refractivity contribution >= 4 is 72.9 Å². The second kappa shape index (κ2) is 12.1. The highest BCUT2D eigenvalue weighted by molar-refractivity contribution is 9.10. The zero-order valence-corrected chi connectivity index (χ0v) is 25.8. The van der Waals surface area contributed by atoms with Crippen LogP contribution in [0, 0.1) is 10.1 Å². The van der Waals surface area contributed by atoms with Gasteiger partial charge in [0.25, 0.3) is 5.56 Å². The summed E-state index contributed by atoms with van der Waals surface area (Å²) in [6, 6.07) is 21.7. The highest BCUT2D eigenvalue weighted by atomic mass is 79.9. The largest absolute Gasteiger partial charge is 0.496 e. The first-order valence-electron chi connectivity index (χ1n) is 12.9. The molecule has 0 amide bonds. The molecule has 6 rings (SSSR count). The normalized spacial score (nSPS) is 11.5. The third-order valence-electron chi connectivity index (χ3n) is 6.67. The molecule has 0 aliphatic heterocycles. The molecule has 220 valence electrons. The van der Waals surface area contributed by atoms with E-state index in [1.807, 2.05) is 0 Å². The Kier molecular flexibility index (Phi) is 8.09. The van der Waals surface area contributed by atoms with Crippen LogP contribution in [-0.2, 0) is 6.61 Å². The van der Waals surface area contributed by atoms with E-state index in [1.54, 1.807) is 79.9 Å². The number of hydrogen-bond donors (Lipinski definition) is 0. The molecule has 0 spiro atoms. The van der Waals surface area contributed by atoms with E-state index in [9.17, 15) is 14.9 Å². The van der Waals surface area contributed by atoms with Gasteiger partial charge in [-0.25, -0.2) is 4.98 Å². The van der Waals surface area contributed by atoms with Gasteiger partial charge in [-0.2, -0.15) is 9.78 Å². The number of rotatable bonds is 8. The molecule has 0 unspecified atom stereocenters. The Balaban J connectivity index is 1.42. The molecule has 0 saturated carbocycles. The summed E-state index contributed by atoms with van der Waals surface area (Å²) in [5.41, 5.74) is 1.13. The van der Waals surface area contributed by atoms with Crippen LogP contribution in [0.3, 0.4) is 0 Å². The number of nitro groups is 1. The zero-order chi connectivity index (χ0) is 31.0. The van der Waals surface area contributed by atoms with Crippen LogP contribution >= 0.6 is 39.1 Å². The smallest absolute Gasteiger partial charge is 0.312 e. The van der Waals surface area contributed by atoms with Gasteiger partial charge in [0.1, 0.15) is 17.9 Å². The molecule has 13 heteroatoms. The zero-order valence-electron chi connectivity index (χ0n) is 22.7. The maximum absolute atomic E-state index is 13.6. The summed E-state index contributed by atoms with van der Waals surface area (Å²) in [6.07, 6.45) is 1.32. The Hall–Kier alpha value is -4.71. The lowest BCUT2D eigenvalue weighted by atomic mass is 10.2. The predicted octanol–water partition coefficient (Wildman–Crippen LogP) is 8.26. The fourth-order valence-electron chi connectivity index (χ4n) is 4.58. The molecule has 10 nitrogen and oxygen atoms in total. The van der Waals surface area contributed by atoms with E-state index in [-0.39, 0.29) is 29.6 Å². The van der Waals surface area contributed by atoms with Crippen molar-refractivity contribution in [1.29, 1.82) is 0 Å². The second-order valence-electron chi connectivity index (χ2n) is 9.43. The number of aromatic nitrogens is 2. The van der Waals surface area contributed by atoms with E-state index >= 15 is 0 Å². The Morgan fingerprint density at radius 3 is 2.66 bits per heavy atom. The van der Waals surface area contributed by atoms with Gasteiger partial charge in [0.15, 0.2) is 5.76 Å². The van der Waals surface area contributed by atoms with E-state index in [2.05, 4.69) is 26.0 Å². The first-order chi connectivity index (χ1) is 21.2. The summed E-state index contributed by atoms with van der Waals surface area (Å²) in [5, 5.41) is 18.3. The quantitative estimate of drug-likeness (QED) is 0.0894. The van der Waals surface area contributed by atoms with Gasteiger partial charge in [-0.05, 0) is 64.5 Å². The number of hydrogen-bond acceptors (Lipinski definition) is 8. The molecule has 0 aliphatic rings. The van der Waals surface area contributed by atoms with Crippen molar-refractivity contribution in [3.05, 3.63) is 125 Å². The highest BCUT2D eigenvalue weighted by Gasteiger charge is 2.22. The number of ether oxygens (including phenoxy) is 2. The van der Waals surface area contributed by atoms with Crippen molar-refractivity contribution in [2.45, 2.75) is 6.61 Å². The van der Waals surface area contributed by atoms with Crippen LogP contribution in [0.2, 0.25) is 10.0 Å². The summed E-state index contributed by atoms with van der Waals surface area (Å²) >= 11 is 15.6. The van der Waals surface area contributed by atoms with E-state index < -0.39 is 10.5 Å². The SMILES string of the molecule is COc1cccc2oc(-c3nc4ccccc4c(=O)n3N=Cc3cc(Br)c(OCc4ccc(Cl)cc4Cl)c([N+](=O)[O-])c3)cc12. The van der Waals surface area contributed by atoms with Crippen molar-refractivity contribution in [3.63, 3.8) is 0 Å². The first kappa shape index (κ1) is 29.4. The van der Waals surface area contributed by atoms with Gasteiger partial charge >= 0.3 is 5.69 Å². The lowest BCUT2D eigenvalue weighted by molar-refractivity contribution is -0.386. The minimum absolute atomic E-state index is 0.000354. The molecule has 4 aromatic carbocycles. The molecular weight excluding hydrogens is 675 g/mol. The number of halogens is 3. The number of nitrogens with zero attached hydrogens (tertiary/aromatic N) is 4. The number of methoxy groups -OCH3 is 1. The summed E-state index contributed by atoms with van der Waals surface area (Å²) in [5.74, 6) is 1.01. The fraction of sp³-hybridized carbons (Fsp3) is 0.0645. The summed E-state index contributed by atoms with van der Waals surface area (Å²) < 4.78 is 18.7. The molecule has 0 N–H and O–H groups in total. The van der Waals surface area contributed by atoms with Gasteiger partial charge in [0, 0.05) is 27.2 Å². The third-order valence-corrected chi connectivity index (χ3v) is 7.84. The molecule has 2 aromatic heterocycles. The standard InChI is InChI=1S/C31H19BrCl2N4O6/c1-42-26-7-4-8-27-21(26)14-28(44-27)30-36-24-6-3-2-5-20(24)31(39)37(30)35-15-17-11-22(32)29(25(12-17)38(40)41)43-16-18-9-10-19(33)13-23(18)34/h2-15H,16H2,1H3.